The number of hydrogen-bond acceptors (Lipinski definition) is 3. The lowest BCUT2D eigenvalue weighted by Gasteiger charge is -2.33. The molecule has 1 fully saturated rings. The molecule has 0 aromatic heterocycles. The van der Waals surface area contributed by atoms with Crippen LogP contribution in [0.2, 0.25) is 0 Å². The highest BCUT2D eigenvalue weighted by Crippen LogP contribution is 2.16. The summed E-state index contributed by atoms with van der Waals surface area (Å²) in [5.41, 5.74) is 3.59. The predicted molar refractivity (Wildman–Crippen MR) is 108 cm³/mol. The van der Waals surface area contributed by atoms with Crippen LogP contribution in [0.1, 0.15) is 27.0 Å². The second-order valence-electron chi connectivity index (χ2n) is 6.83. The monoisotopic (exact) mass is 384 g/mol. The average molecular weight is 385 g/mol. The third-order valence-electron chi connectivity index (χ3n) is 4.59. The van der Waals surface area contributed by atoms with E-state index in [4.69, 9.17) is 0 Å². The van der Waals surface area contributed by atoms with E-state index < -0.39 is 10.0 Å². The summed E-state index contributed by atoms with van der Waals surface area (Å²) in [6.45, 7) is 5.32. The van der Waals surface area contributed by atoms with Gasteiger partial charge in [-0.05, 0) is 37.6 Å². The molecule has 0 atom stereocenters. The van der Waals surface area contributed by atoms with Crippen molar-refractivity contribution in [3.05, 3.63) is 76.2 Å². The quantitative estimate of drug-likeness (QED) is 0.814. The molecule has 1 aliphatic heterocycles. The van der Waals surface area contributed by atoms with Crippen molar-refractivity contribution < 1.29 is 13.2 Å². The van der Waals surface area contributed by atoms with Crippen molar-refractivity contribution in [1.29, 1.82) is 0 Å². The molecule has 1 saturated heterocycles. The summed E-state index contributed by atoms with van der Waals surface area (Å²) in [4.78, 5) is 14.4. The van der Waals surface area contributed by atoms with Crippen LogP contribution in [0.4, 0.5) is 0 Å². The summed E-state index contributed by atoms with van der Waals surface area (Å²) >= 11 is 0. The van der Waals surface area contributed by atoms with Gasteiger partial charge in [-0.15, -0.1) is 0 Å². The first-order chi connectivity index (χ1) is 12.8. The van der Waals surface area contributed by atoms with Crippen LogP contribution < -0.4 is 0 Å². The smallest absolute Gasteiger partial charge is 0.253 e. The Labute approximate surface area is 161 Å². The van der Waals surface area contributed by atoms with Crippen LogP contribution in [0.5, 0.6) is 0 Å². The molecule has 0 saturated carbocycles. The molecule has 27 heavy (non-hydrogen) atoms. The molecule has 0 bridgehead atoms. The highest BCUT2D eigenvalue weighted by atomic mass is 32.2. The standard InChI is InChI=1S/C21H24N2O3S/c1-17-14-18(2)16-20(15-17)21(24)22-9-11-23(12-10-22)27(25,26)13-8-19-6-4-3-5-7-19/h3-8,13-16H,9-12H2,1-2H3/b13-8+. The number of hydrogen-bond donors (Lipinski definition) is 0. The fourth-order valence-electron chi connectivity index (χ4n) is 3.24. The molecular formula is C21H24N2O3S. The summed E-state index contributed by atoms with van der Waals surface area (Å²) in [5, 5.41) is 1.24. The number of nitrogens with zero attached hydrogens (tertiary/aromatic N) is 2. The second-order valence-corrected chi connectivity index (χ2v) is 8.64. The van der Waals surface area contributed by atoms with E-state index in [1.165, 1.54) is 9.71 Å². The highest BCUT2D eigenvalue weighted by Gasteiger charge is 2.27. The van der Waals surface area contributed by atoms with Gasteiger partial charge in [0.1, 0.15) is 0 Å². The highest BCUT2D eigenvalue weighted by molar-refractivity contribution is 7.92. The van der Waals surface area contributed by atoms with Crippen molar-refractivity contribution in [3.63, 3.8) is 0 Å². The molecule has 3 rings (SSSR count). The maximum Gasteiger partial charge on any atom is 0.253 e. The Morgan fingerprint density at radius 2 is 1.52 bits per heavy atom. The van der Waals surface area contributed by atoms with Gasteiger partial charge in [-0.1, -0.05) is 47.5 Å². The van der Waals surface area contributed by atoms with E-state index in [1.807, 2.05) is 62.4 Å². The predicted octanol–water partition coefficient (Wildman–Crippen LogP) is 3.06. The summed E-state index contributed by atoms with van der Waals surface area (Å²) in [6.07, 6.45) is 1.60. The molecule has 5 nitrogen and oxygen atoms in total. The lowest BCUT2D eigenvalue weighted by molar-refractivity contribution is 0.0698. The Balaban J connectivity index is 1.64. The van der Waals surface area contributed by atoms with Crippen LogP contribution in [0, 0.1) is 13.8 Å². The average Bonchev–Trinajstić information content (AvgIpc) is 2.66. The molecule has 0 N–H and O–H groups in total. The van der Waals surface area contributed by atoms with E-state index in [9.17, 15) is 13.2 Å². The minimum Gasteiger partial charge on any atom is -0.336 e. The van der Waals surface area contributed by atoms with E-state index in [-0.39, 0.29) is 5.91 Å². The number of carbonyl (C=O) groups excluding carboxylic acids is 1. The first kappa shape index (κ1) is 19.3. The van der Waals surface area contributed by atoms with Gasteiger partial charge in [-0.25, -0.2) is 8.42 Å². The second kappa shape index (κ2) is 8.06. The topological polar surface area (TPSA) is 57.7 Å². The van der Waals surface area contributed by atoms with E-state index in [0.29, 0.717) is 31.7 Å². The number of benzene rings is 2. The zero-order valence-electron chi connectivity index (χ0n) is 15.6. The molecule has 142 valence electrons. The Hall–Kier alpha value is -2.44. The van der Waals surface area contributed by atoms with Crippen molar-refractivity contribution in [2.45, 2.75) is 13.8 Å². The summed E-state index contributed by atoms with van der Waals surface area (Å²) in [7, 11) is -3.49. The summed E-state index contributed by atoms with van der Waals surface area (Å²) in [5.74, 6) is -0.0429. The van der Waals surface area contributed by atoms with Gasteiger partial charge >= 0.3 is 0 Å². The molecule has 1 heterocycles. The minimum absolute atomic E-state index is 0.0429. The van der Waals surface area contributed by atoms with Crippen LogP contribution in [-0.2, 0) is 10.0 Å². The first-order valence-corrected chi connectivity index (χ1v) is 10.5. The lowest BCUT2D eigenvalue weighted by atomic mass is 10.1. The SMILES string of the molecule is Cc1cc(C)cc(C(=O)N2CCN(S(=O)(=O)/C=C/c3ccccc3)CC2)c1. The van der Waals surface area contributed by atoms with Crippen LogP contribution in [-0.4, -0.2) is 49.7 Å². The van der Waals surface area contributed by atoms with Crippen molar-refractivity contribution in [2.24, 2.45) is 0 Å². The van der Waals surface area contributed by atoms with Crippen LogP contribution >= 0.6 is 0 Å². The molecule has 0 unspecified atom stereocenters. The first-order valence-electron chi connectivity index (χ1n) is 8.96. The third kappa shape index (κ3) is 4.84. The van der Waals surface area contributed by atoms with Crippen LogP contribution in [0.25, 0.3) is 6.08 Å². The molecule has 0 radical (unpaired) electrons. The van der Waals surface area contributed by atoms with Gasteiger partial charge in [0.15, 0.2) is 0 Å². The number of rotatable bonds is 4. The fraction of sp³-hybridized carbons (Fsp3) is 0.286. The third-order valence-corrected chi connectivity index (χ3v) is 6.15. The lowest BCUT2D eigenvalue weighted by Crippen LogP contribution is -2.50. The van der Waals surface area contributed by atoms with Gasteiger partial charge in [0.05, 0.1) is 0 Å². The Morgan fingerprint density at radius 3 is 2.11 bits per heavy atom. The molecular weight excluding hydrogens is 360 g/mol. The normalized spacial score (nSPS) is 16.0. The van der Waals surface area contributed by atoms with Crippen molar-refractivity contribution in [1.82, 2.24) is 9.21 Å². The summed E-state index contributed by atoms with van der Waals surface area (Å²) in [6, 6.07) is 15.1. The van der Waals surface area contributed by atoms with Crippen molar-refractivity contribution >= 4 is 22.0 Å². The van der Waals surface area contributed by atoms with E-state index in [2.05, 4.69) is 0 Å². The van der Waals surface area contributed by atoms with Crippen molar-refractivity contribution in [3.8, 4) is 0 Å². The molecule has 0 spiro atoms. The number of sulfonamides is 1. The number of piperazine rings is 1. The maximum absolute atomic E-state index is 12.7. The van der Waals surface area contributed by atoms with Gasteiger partial charge in [0, 0.05) is 37.2 Å². The van der Waals surface area contributed by atoms with Crippen LogP contribution in [0.15, 0.2) is 53.9 Å². The summed E-state index contributed by atoms with van der Waals surface area (Å²) < 4.78 is 26.5. The van der Waals surface area contributed by atoms with E-state index >= 15 is 0 Å². The molecule has 6 heteroatoms. The number of amides is 1. The fourth-order valence-corrected chi connectivity index (χ4v) is 4.41. The van der Waals surface area contributed by atoms with Crippen LogP contribution in [0.3, 0.4) is 0 Å². The number of carbonyl (C=O) groups is 1. The Kier molecular flexibility index (Phi) is 5.77. The minimum atomic E-state index is -3.49. The van der Waals surface area contributed by atoms with Gasteiger partial charge in [0.2, 0.25) is 10.0 Å². The van der Waals surface area contributed by atoms with E-state index in [1.54, 1.807) is 11.0 Å². The van der Waals surface area contributed by atoms with E-state index in [0.717, 1.165) is 16.7 Å². The molecule has 2 aromatic rings. The molecule has 1 aliphatic rings. The number of aryl methyl sites for hydroxylation is 2. The molecule has 2 aromatic carbocycles. The van der Waals surface area contributed by atoms with Gasteiger partial charge in [0.25, 0.3) is 5.91 Å². The van der Waals surface area contributed by atoms with Gasteiger partial charge in [-0.3, -0.25) is 4.79 Å². The zero-order chi connectivity index (χ0) is 19.4. The maximum atomic E-state index is 12.7. The van der Waals surface area contributed by atoms with Gasteiger partial charge in [-0.2, -0.15) is 4.31 Å². The molecule has 0 aliphatic carbocycles. The molecule has 1 amide bonds. The largest absolute Gasteiger partial charge is 0.336 e. The Bertz CT molecular complexity index is 924. The van der Waals surface area contributed by atoms with Gasteiger partial charge < -0.3 is 4.90 Å². The van der Waals surface area contributed by atoms with Crippen molar-refractivity contribution in [2.75, 3.05) is 26.2 Å². The Morgan fingerprint density at radius 1 is 0.926 bits per heavy atom. The zero-order valence-corrected chi connectivity index (χ0v) is 16.4.